The normalized spacial score (nSPS) is 16.7. The molecule has 3 heterocycles. The number of nitrogens with zero attached hydrogens (tertiary/aromatic N) is 3. The zero-order valence-electron chi connectivity index (χ0n) is 15.2. The molecule has 0 aliphatic carbocycles. The lowest BCUT2D eigenvalue weighted by molar-refractivity contribution is 0.0712. The van der Waals surface area contributed by atoms with E-state index >= 15 is 0 Å². The van der Waals surface area contributed by atoms with Gasteiger partial charge < -0.3 is 14.4 Å². The summed E-state index contributed by atoms with van der Waals surface area (Å²) in [6.45, 7) is 4.40. The molecule has 1 amide bonds. The molecule has 138 valence electrons. The molecule has 0 saturated carbocycles. The summed E-state index contributed by atoms with van der Waals surface area (Å²) in [7, 11) is 0. The van der Waals surface area contributed by atoms with Crippen molar-refractivity contribution in [2.24, 2.45) is 0 Å². The molecule has 7 heteroatoms. The first-order chi connectivity index (χ1) is 13.0. The van der Waals surface area contributed by atoms with Crippen LogP contribution in [-0.2, 0) is 0 Å². The van der Waals surface area contributed by atoms with Crippen molar-refractivity contribution < 1.29 is 9.32 Å². The van der Waals surface area contributed by atoms with Crippen molar-refractivity contribution in [3.05, 3.63) is 69.5 Å². The van der Waals surface area contributed by atoms with Crippen molar-refractivity contribution in [3.63, 3.8) is 0 Å². The molecular formula is C20H20N4O3. The van der Waals surface area contributed by atoms with Crippen LogP contribution in [0.4, 0.5) is 0 Å². The van der Waals surface area contributed by atoms with Crippen molar-refractivity contribution in [1.29, 1.82) is 0 Å². The Hall–Kier alpha value is -3.22. The third kappa shape index (κ3) is 3.28. The number of carbonyl (C=O) groups excluding carboxylic acids is 1. The number of likely N-dealkylation sites (tertiary alicyclic amines) is 1. The molecule has 2 aromatic heterocycles. The van der Waals surface area contributed by atoms with Gasteiger partial charge in [-0.2, -0.15) is 0 Å². The smallest absolute Gasteiger partial charge is 0.264 e. The highest BCUT2D eigenvalue weighted by atomic mass is 16.5. The van der Waals surface area contributed by atoms with Gasteiger partial charge in [-0.15, -0.1) is 0 Å². The maximum absolute atomic E-state index is 13.0. The minimum absolute atomic E-state index is 0.0361. The van der Waals surface area contributed by atoms with Gasteiger partial charge in [-0.25, -0.2) is 4.98 Å². The molecule has 1 aliphatic heterocycles. The van der Waals surface area contributed by atoms with Gasteiger partial charge >= 0.3 is 0 Å². The van der Waals surface area contributed by atoms with E-state index in [2.05, 4.69) is 15.1 Å². The zero-order valence-corrected chi connectivity index (χ0v) is 15.2. The van der Waals surface area contributed by atoms with Gasteiger partial charge in [0.2, 0.25) is 0 Å². The first kappa shape index (κ1) is 17.2. The molecule has 1 atom stereocenters. The van der Waals surface area contributed by atoms with Crippen LogP contribution in [0.15, 0.2) is 45.8 Å². The molecule has 1 aliphatic rings. The molecule has 0 spiro atoms. The Labute approximate surface area is 156 Å². The predicted molar refractivity (Wildman–Crippen MR) is 99.3 cm³/mol. The predicted octanol–water partition coefficient (Wildman–Crippen LogP) is 3.02. The highest BCUT2D eigenvalue weighted by Crippen LogP contribution is 2.33. The lowest BCUT2D eigenvalue weighted by Crippen LogP contribution is -2.34. The van der Waals surface area contributed by atoms with E-state index in [0.29, 0.717) is 18.1 Å². The van der Waals surface area contributed by atoms with Crippen LogP contribution in [0.2, 0.25) is 0 Å². The number of carbonyl (C=O) groups is 1. The Kier molecular flexibility index (Phi) is 4.35. The summed E-state index contributed by atoms with van der Waals surface area (Å²) in [6, 6.07) is 9.30. The molecule has 0 unspecified atom stereocenters. The molecule has 4 rings (SSSR count). The van der Waals surface area contributed by atoms with Gasteiger partial charge in [0.25, 0.3) is 11.5 Å². The first-order valence-electron chi connectivity index (χ1n) is 8.93. The molecule has 0 radical (unpaired) electrons. The monoisotopic (exact) mass is 364 g/mol. The highest BCUT2D eigenvalue weighted by molar-refractivity contribution is 5.94. The van der Waals surface area contributed by atoms with Gasteiger partial charge in [-0.1, -0.05) is 35.0 Å². The Bertz CT molecular complexity index is 1040. The van der Waals surface area contributed by atoms with Crippen LogP contribution in [0.1, 0.15) is 46.3 Å². The number of benzene rings is 1. The Morgan fingerprint density at radius 3 is 2.70 bits per heavy atom. The van der Waals surface area contributed by atoms with E-state index in [1.807, 2.05) is 44.2 Å². The summed E-state index contributed by atoms with van der Waals surface area (Å²) in [5, 5.41) is 3.90. The van der Waals surface area contributed by atoms with Crippen LogP contribution >= 0.6 is 0 Å². The third-order valence-corrected chi connectivity index (χ3v) is 4.84. The summed E-state index contributed by atoms with van der Waals surface area (Å²) in [4.78, 5) is 34.2. The highest BCUT2D eigenvalue weighted by Gasteiger charge is 2.34. The van der Waals surface area contributed by atoms with E-state index in [4.69, 9.17) is 4.52 Å². The van der Waals surface area contributed by atoms with Gasteiger partial charge in [0, 0.05) is 24.4 Å². The van der Waals surface area contributed by atoms with Gasteiger partial charge in [0.15, 0.2) is 5.76 Å². The molecule has 7 nitrogen and oxygen atoms in total. The summed E-state index contributed by atoms with van der Waals surface area (Å²) in [5.41, 5.74) is 2.29. The molecule has 1 N–H and O–H groups in total. The number of hydrogen-bond donors (Lipinski definition) is 1. The largest absolute Gasteiger partial charge is 0.359 e. The van der Waals surface area contributed by atoms with Crippen molar-refractivity contribution in [2.75, 3.05) is 6.54 Å². The summed E-state index contributed by atoms with van der Waals surface area (Å²) < 4.78 is 5.34. The third-order valence-electron chi connectivity index (χ3n) is 4.84. The van der Waals surface area contributed by atoms with Crippen LogP contribution in [0.25, 0.3) is 11.4 Å². The molecule has 1 fully saturated rings. The van der Waals surface area contributed by atoms with Gasteiger partial charge in [-0.3, -0.25) is 9.59 Å². The number of aryl methyl sites for hydroxylation is 2. The summed E-state index contributed by atoms with van der Waals surface area (Å²) in [6.07, 6.45) is 2.99. The topological polar surface area (TPSA) is 92.1 Å². The fourth-order valence-electron chi connectivity index (χ4n) is 3.41. The van der Waals surface area contributed by atoms with Crippen LogP contribution < -0.4 is 5.56 Å². The molecule has 27 heavy (non-hydrogen) atoms. The van der Waals surface area contributed by atoms with E-state index in [-0.39, 0.29) is 17.5 Å². The van der Waals surface area contributed by atoms with E-state index in [1.165, 1.54) is 6.20 Å². The number of aromatic nitrogens is 3. The van der Waals surface area contributed by atoms with E-state index in [0.717, 1.165) is 29.7 Å². The molecule has 1 aromatic carbocycles. The van der Waals surface area contributed by atoms with Crippen molar-refractivity contribution in [2.45, 2.75) is 32.7 Å². The van der Waals surface area contributed by atoms with Gasteiger partial charge in [0.1, 0.15) is 11.4 Å². The average molecular weight is 364 g/mol. The van der Waals surface area contributed by atoms with Crippen molar-refractivity contribution in [3.8, 4) is 11.4 Å². The molecule has 0 bridgehead atoms. The number of aromatic amines is 1. The SMILES string of the molecule is Cc1ccc(-c2ncc(C(=O)N3CCC[C@H]3c3cc(C)no3)c(=O)[nH]2)cc1. The second-order valence-electron chi connectivity index (χ2n) is 6.87. The van der Waals surface area contributed by atoms with Gasteiger partial charge in [-0.05, 0) is 26.7 Å². The maximum Gasteiger partial charge on any atom is 0.264 e. The number of amides is 1. The van der Waals surface area contributed by atoms with Crippen LogP contribution in [0.5, 0.6) is 0 Å². The first-order valence-corrected chi connectivity index (χ1v) is 8.93. The molecule has 1 saturated heterocycles. The lowest BCUT2D eigenvalue weighted by Gasteiger charge is -2.22. The van der Waals surface area contributed by atoms with E-state index in [1.54, 1.807) is 4.90 Å². The Morgan fingerprint density at radius 1 is 1.26 bits per heavy atom. The fourth-order valence-corrected chi connectivity index (χ4v) is 3.41. The average Bonchev–Trinajstić information content (AvgIpc) is 3.30. The van der Waals surface area contributed by atoms with Crippen molar-refractivity contribution in [1.82, 2.24) is 20.0 Å². The summed E-state index contributed by atoms with van der Waals surface area (Å²) in [5.74, 6) is 0.759. The van der Waals surface area contributed by atoms with Gasteiger partial charge in [0.05, 0.1) is 11.7 Å². The van der Waals surface area contributed by atoms with E-state index < -0.39 is 5.56 Å². The standard InChI is InChI=1S/C20H20N4O3/c1-12-5-7-14(8-6-12)18-21-11-15(19(25)22-18)20(26)24-9-3-4-16(24)17-10-13(2)23-27-17/h5-8,10-11,16H,3-4,9H2,1-2H3,(H,21,22,25)/t16-/m0/s1. The van der Waals surface area contributed by atoms with Crippen molar-refractivity contribution >= 4 is 5.91 Å². The fraction of sp³-hybridized carbons (Fsp3) is 0.300. The Balaban J connectivity index is 1.62. The number of H-pyrrole nitrogens is 1. The number of hydrogen-bond acceptors (Lipinski definition) is 5. The lowest BCUT2D eigenvalue weighted by atomic mass is 10.1. The maximum atomic E-state index is 13.0. The summed E-state index contributed by atoms with van der Waals surface area (Å²) >= 11 is 0. The second kappa shape index (κ2) is 6.83. The van der Waals surface area contributed by atoms with Crippen LogP contribution in [0, 0.1) is 13.8 Å². The molecule has 3 aromatic rings. The van der Waals surface area contributed by atoms with E-state index in [9.17, 15) is 9.59 Å². The van der Waals surface area contributed by atoms with Crippen LogP contribution in [0.3, 0.4) is 0 Å². The quantitative estimate of drug-likeness (QED) is 0.771. The minimum Gasteiger partial charge on any atom is -0.359 e. The molecular weight excluding hydrogens is 344 g/mol. The number of rotatable bonds is 3. The van der Waals surface area contributed by atoms with Crippen LogP contribution in [-0.4, -0.2) is 32.5 Å². The minimum atomic E-state index is -0.440. The zero-order chi connectivity index (χ0) is 19.0. The second-order valence-corrected chi connectivity index (χ2v) is 6.87. The number of nitrogens with one attached hydrogen (secondary N) is 1. The Morgan fingerprint density at radius 2 is 2.04 bits per heavy atom.